The summed E-state index contributed by atoms with van der Waals surface area (Å²) in [4.78, 5) is 13.3. The number of amides is 1. The van der Waals surface area contributed by atoms with Gasteiger partial charge in [-0.05, 0) is 43.5 Å². The summed E-state index contributed by atoms with van der Waals surface area (Å²) in [6.07, 6.45) is 5.59. The maximum Gasteiger partial charge on any atom is 0.233 e. The van der Waals surface area contributed by atoms with Crippen molar-refractivity contribution in [3.63, 3.8) is 0 Å². The van der Waals surface area contributed by atoms with Crippen LogP contribution in [0.25, 0.3) is 0 Å². The molecule has 1 aliphatic rings. The van der Waals surface area contributed by atoms with E-state index >= 15 is 0 Å². The van der Waals surface area contributed by atoms with E-state index in [-0.39, 0.29) is 11.2 Å². The zero-order valence-electron chi connectivity index (χ0n) is 11.4. The summed E-state index contributed by atoms with van der Waals surface area (Å²) in [6, 6.07) is 8.11. The van der Waals surface area contributed by atoms with Gasteiger partial charge in [0.1, 0.15) is 0 Å². The van der Waals surface area contributed by atoms with Crippen LogP contribution in [0, 0.1) is 0 Å². The average molecular weight is 278 g/mol. The number of nitrogen functional groups attached to an aromatic ring is 1. The van der Waals surface area contributed by atoms with Crippen LogP contribution in [0.1, 0.15) is 39.0 Å². The van der Waals surface area contributed by atoms with Gasteiger partial charge in [-0.3, -0.25) is 4.79 Å². The van der Waals surface area contributed by atoms with E-state index in [0.717, 1.165) is 29.8 Å². The van der Waals surface area contributed by atoms with Gasteiger partial charge < -0.3 is 11.1 Å². The van der Waals surface area contributed by atoms with Crippen molar-refractivity contribution in [3.05, 3.63) is 24.3 Å². The third-order valence-corrected chi connectivity index (χ3v) is 4.90. The van der Waals surface area contributed by atoms with Crippen molar-refractivity contribution in [1.29, 1.82) is 0 Å². The van der Waals surface area contributed by atoms with E-state index in [0.29, 0.717) is 6.04 Å². The van der Waals surface area contributed by atoms with E-state index in [1.54, 1.807) is 11.8 Å². The number of thioether (sulfide) groups is 1. The molecule has 0 saturated heterocycles. The number of nitrogens with two attached hydrogens (primary N) is 1. The van der Waals surface area contributed by atoms with Gasteiger partial charge in [0.15, 0.2) is 0 Å². The first-order valence-electron chi connectivity index (χ1n) is 7.01. The fourth-order valence-corrected chi connectivity index (χ4v) is 3.36. The Morgan fingerprint density at radius 3 is 2.58 bits per heavy atom. The fraction of sp³-hybridized carbons (Fsp3) is 0.533. The molecule has 0 bridgehead atoms. The van der Waals surface area contributed by atoms with Crippen molar-refractivity contribution in [1.82, 2.24) is 5.32 Å². The molecule has 1 aliphatic carbocycles. The number of benzene rings is 1. The van der Waals surface area contributed by atoms with Gasteiger partial charge in [-0.15, -0.1) is 11.8 Å². The fourth-order valence-electron chi connectivity index (χ4n) is 2.40. The summed E-state index contributed by atoms with van der Waals surface area (Å²) in [5.41, 5.74) is 6.43. The minimum Gasteiger partial charge on any atom is -0.399 e. The second kappa shape index (κ2) is 6.85. The van der Waals surface area contributed by atoms with Crippen LogP contribution < -0.4 is 11.1 Å². The summed E-state index contributed by atoms with van der Waals surface area (Å²) in [6.45, 7) is 2.06. The summed E-state index contributed by atoms with van der Waals surface area (Å²) in [7, 11) is 0. The Kier molecular flexibility index (Phi) is 5.14. The lowest BCUT2D eigenvalue weighted by molar-refractivity contribution is -0.121. The zero-order chi connectivity index (χ0) is 13.7. The third kappa shape index (κ3) is 4.16. The minimum atomic E-state index is -0.00998. The summed E-state index contributed by atoms with van der Waals surface area (Å²) < 4.78 is 0. The van der Waals surface area contributed by atoms with Crippen molar-refractivity contribution < 1.29 is 4.79 Å². The van der Waals surface area contributed by atoms with Crippen LogP contribution >= 0.6 is 11.8 Å². The third-order valence-electron chi connectivity index (χ3n) is 3.52. The number of hydrogen-bond acceptors (Lipinski definition) is 3. The van der Waals surface area contributed by atoms with Crippen LogP contribution in [0.4, 0.5) is 5.69 Å². The Morgan fingerprint density at radius 2 is 2.00 bits per heavy atom. The molecular weight excluding hydrogens is 256 g/mol. The van der Waals surface area contributed by atoms with Gasteiger partial charge in [0.05, 0.1) is 5.25 Å². The number of rotatable bonds is 5. The molecule has 1 fully saturated rings. The maximum atomic E-state index is 12.2. The smallest absolute Gasteiger partial charge is 0.233 e. The number of nitrogens with one attached hydrogen (secondary N) is 1. The summed E-state index contributed by atoms with van der Waals surface area (Å²) >= 11 is 1.62. The van der Waals surface area contributed by atoms with Gasteiger partial charge in [0.2, 0.25) is 5.91 Å². The van der Waals surface area contributed by atoms with Crippen molar-refractivity contribution in [2.24, 2.45) is 0 Å². The predicted octanol–water partition coefficient (Wildman–Crippen LogP) is 3.20. The van der Waals surface area contributed by atoms with Gasteiger partial charge in [0, 0.05) is 16.6 Å². The van der Waals surface area contributed by atoms with Crippen LogP contribution in [0.15, 0.2) is 29.2 Å². The number of hydrogen-bond donors (Lipinski definition) is 2. The highest BCUT2D eigenvalue weighted by molar-refractivity contribution is 8.00. The molecule has 3 N–H and O–H groups in total. The molecule has 1 aromatic carbocycles. The standard InChI is InChI=1S/C15H22N2OS/c1-2-14(15(18)17-12-5-3-4-6-12)19-13-9-7-11(16)8-10-13/h7-10,12,14H,2-6,16H2,1H3,(H,17,18). The monoisotopic (exact) mass is 278 g/mol. The van der Waals surface area contributed by atoms with Gasteiger partial charge >= 0.3 is 0 Å². The van der Waals surface area contributed by atoms with Crippen LogP contribution in [-0.2, 0) is 4.79 Å². The molecule has 0 heterocycles. The highest BCUT2D eigenvalue weighted by atomic mass is 32.2. The highest BCUT2D eigenvalue weighted by Gasteiger charge is 2.22. The van der Waals surface area contributed by atoms with Crippen LogP contribution in [-0.4, -0.2) is 17.2 Å². The Morgan fingerprint density at radius 1 is 1.37 bits per heavy atom. The van der Waals surface area contributed by atoms with Gasteiger partial charge in [-0.2, -0.15) is 0 Å². The molecule has 104 valence electrons. The molecule has 1 unspecified atom stereocenters. The minimum absolute atomic E-state index is 0.00998. The normalized spacial score (nSPS) is 17.3. The predicted molar refractivity (Wildman–Crippen MR) is 81.2 cm³/mol. The van der Waals surface area contributed by atoms with E-state index in [1.165, 1.54) is 12.8 Å². The molecule has 1 aromatic rings. The Balaban J connectivity index is 1.91. The molecular formula is C15H22N2OS. The molecule has 0 aliphatic heterocycles. The molecule has 2 rings (SSSR count). The quantitative estimate of drug-likeness (QED) is 0.642. The van der Waals surface area contributed by atoms with E-state index < -0.39 is 0 Å². The molecule has 0 aromatic heterocycles. The topological polar surface area (TPSA) is 55.1 Å². The van der Waals surface area contributed by atoms with Gasteiger partial charge in [-0.1, -0.05) is 19.8 Å². The molecule has 0 spiro atoms. The molecule has 4 heteroatoms. The van der Waals surface area contributed by atoms with Gasteiger partial charge in [-0.25, -0.2) is 0 Å². The van der Waals surface area contributed by atoms with Crippen LogP contribution in [0.2, 0.25) is 0 Å². The molecule has 0 radical (unpaired) electrons. The van der Waals surface area contributed by atoms with Crippen LogP contribution in [0.3, 0.4) is 0 Å². The SMILES string of the molecule is CCC(Sc1ccc(N)cc1)C(=O)NC1CCCC1. The second-order valence-electron chi connectivity index (χ2n) is 5.07. The second-order valence-corrected chi connectivity index (χ2v) is 6.35. The molecule has 1 atom stereocenters. The number of carbonyl (C=O) groups is 1. The lowest BCUT2D eigenvalue weighted by Gasteiger charge is -2.18. The largest absolute Gasteiger partial charge is 0.399 e. The lowest BCUT2D eigenvalue weighted by atomic mass is 10.2. The Bertz CT molecular complexity index is 413. The lowest BCUT2D eigenvalue weighted by Crippen LogP contribution is -2.38. The van der Waals surface area contributed by atoms with E-state index in [1.807, 2.05) is 24.3 Å². The van der Waals surface area contributed by atoms with E-state index in [4.69, 9.17) is 5.73 Å². The Hall–Kier alpha value is -1.16. The van der Waals surface area contributed by atoms with Crippen molar-refractivity contribution >= 4 is 23.4 Å². The average Bonchev–Trinajstić information content (AvgIpc) is 2.90. The molecule has 3 nitrogen and oxygen atoms in total. The van der Waals surface area contributed by atoms with Crippen molar-refractivity contribution in [2.45, 2.75) is 55.2 Å². The first-order valence-corrected chi connectivity index (χ1v) is 7.89. The van der Waals surface area contributed by atoms with Crippen molar-refractivity contribution in [2.75, 3.05) is 5.73 Å². The number of carbonyl (C=O) groups excluding carboxylic acids is 1. The Labute approximate surface area is 119 Å². The molecule has 1 amide bonds. The first-order chi connectivity index (χ1) is 9.19. The van der Waals surface area contributed by atoms with E-state index in [9.17, 15) is 4.79 Å². The first kappa shape index (κ1) is 14.3. The molecule has 1 saturated carbocycles. The zero-order valence-corrected chi connectivity index (χ0v) is 12.2. The van der Waals surface area contributed by atoms with E-state index in [2.05, 4.69) is 12.2 Å². The summed E-state index contributed by atoms with van der Waals surface area (Å²) in [5, 5.41) is 3.17. The maximum absolute atomic E-state index is 12.2. The van der Waals surface area contributed by atoms with Crippen LogP contribution in [0.5, 0.6) is 0 Å². The van der Waals surface area contributed by atoms with Gasteiger partial charge in [0.25, 0.3) is 0 Å². The number of anilines is 1. The molecule has 19 heavy (non-hydrogen) atoms. The highest BCUT2D eigenvalue weighted by Crippen LogP contribution is 2.27. The van der Waals surface area contributed by atoms with Crippen molar-refractivity contribution in [3.8, 4) is 0 Å². The summed E-state index contributed by atoms with van der Waals surface area (Å²) in [5.74, 6) is 0.177.